The second-order valence-electron chi connectivity index (χ2n) is 2.44. The summed E-state index contributed by atoms with van der Waals surface area (Å²) in [4.78, 5) is 10.9. The largest absolute Gasteiger partial charge is 0.372 e. The van der Waals surface area contributed by atoms with Gasteiger partial charge in [-0.25, -0.2) is 0 Å². The molecule has 0 aliphatic carbocycles. The molecule has 0 aromatic heterocycles. The predicted molar refractivity (Wildman–Crippen MR) is 48.3 cm³/mol. The van der Waals surface area contributed by atoms with Crippen molar-refractivity contribution in [2.24, 2.45) is 5.73 Å². The molecule has 0 bridgehead atoms. The zero-order chi connectivity index (χ0) is 9.11. The summed E-state index contributed by atoms with van der Waals surface area (Å²) < 4.78 is 0. The zero-order valence-electron chi connectivity index (χ0n) is 7.84. The molecule has 0 unspecified atom stereocenters. The number of primary amides is 1. The van der Waals surface area contributed by atoms with Crippen LogP contribution in [0.1, 0.15) is 26.7 Å². The third-order valence-corrected chi connectivity index (χ3v) is 1.21. The van der Waals surface area contributed by atoms with E-state index in [2.05, 4.69) is 31.5 Å². The van der Waals surface area contributed by atoms with E-state index in [0.29, 0.717) is 0 Å². The predicted octanol–water partition coefficient (Wildman–Crippen LogP) is 0.840. The molecule has 0 atom stereocenters. The second kappa shape index (κ2) is 12.1. The van der Waals surface area contributed by atoms with Crippen LogP contribution in [0.2, 0.25) is 0 Å². The van der Waals surface area contributed by atoms with Gasteiger partial charge in [-0.1, -0.05) is 13.8 Å². The number of carbonyl (C=O) groups excluding carboxylic acids is 1. The van der Waals surface area contributed by atoms with E-state index in [1.807, 2.05) is 0 Å². The highest BCUT2D eigenvalue weighted by molar-refractivity contribution is 5.42. The Morgan fingerprint density at radius 2 is 1.55 bits per heavy atom. The number of carbonyl (C=O) groups is 1. The average Bonchev–Trinajstić information content (AvgIpc) is 1.90. The summed E-state index contributed by atoms with van der Waals surface area (Å²) >= 11 is 0. The Bertz CT molecular complexity index is 70.5. The van der Waals surface area contributed by atoms with Crippen LogP contribution < -0.4 is 5.73 Å². The fourth-order valence-electron chi connectivity index (χ4n) is 0.875. The van der Waals surface area contributed by atoms with Gasteiger partial charge in [0, 0.05) is 0 Å². The van der Waals surface area contributed by atoms with Crippen LogP contribution in [-0.4, -0.2) is 31.4 Å². The van der Waals surface area contributed by atoms with Crippen LogP contribution in [0.4, 0.5) is 0 Å². The summed E-state index contributed by atoms with van der Waals surface area (Å²) in [7, 11) is 2.17. The van der Waals surface area contributed by atoms with Gasteiger partial charge < -0.3 is 10.6 Å². The maximum atomic E-state index is 8.58. The maximum absolute atomic E-state index is 8.58. The topological polar surface area (TPSA) is 46.3 Å². The Morgan fingerprint density at radius 1 is 1.27 bits per heavy atom. The van der Waals surface area contributed by atoms with Crippen molar-refractivity contribution in [2.75, 3.05) is 20.1 Å². The van der Waals surface area contributed by atoms with Gasteiger partial charge in [-0.2, -0.15) is 0 Å². The van der Waals surface area contributed by atoms with E-state index in [9.17, 15) is 0 Å². The first-order valence-corrected chi connectivity index (χ1v) is 4.06. The maximum Gasteiger partial charge on any atom is 0.204 e. The molecular weight excluding hydrogens is 140 g/mol. The Balaban J connectivity index is 0. The molecule has 2 N–H and O–H groups in total. The highest BCUT2D eigenvalue weighted by atomic mass is 16.1. The smallest absolute Gasteiger partial charge is 0.204 e. The fourth-order valence-corrected chi connectivity index (χ4v) is 0.875. The Hall–Kier alpha value is -0.570. The molecular formula is C8H20N2O. The van der Waals surface area contributed by atoms with Gasteiger partial charge in [0.25, 0.3) is 0 Å². The van der Waals surface area contributed by atoms with E-state index in [1.165, 1.54) is 25.9 Å². The van der Waals surface area contributed by atoms with Crippen molar-refractivity contribution in [3.05, 3.63) is 0 Å². The molecule has 3 nitrogen and oxygen atoms in total. The summed E-state index contributed by atoms with van der Waals surface area (Å²) in [5.41, 5.74) is 4.17. The molecule has 68 valence electrons. The van der Waals surface area contributed by atoms with Crippen molar-refractivity contribution in [1.82, 2.24) is 4.90 Å². The third kappa shape index (κ3) is 17.7. The van der Waals surface area contributed by atoms with Gasteiger partial charge >= 0.3 is 0 Å². The first-order chi connectivity index (χ1) is 5.22. The molecule has 0 aliphatic rings. The molecule has 0 aromatic rings. The number of hydrogen-bond acceptors (Lipinski definition) is 2. The van der Waals surface area contributed by atoms with Crippen LogP contribution in [0, 0.1) is 0 Å². The molecule has 0 rings (SSSR count). The lowest BCUT2D eigenvalue weighted by Crippen LogP contribution is -2.19. The first-order valence-electron chi connectivity index (χ1n) is 4.06. The second-order valence-corrected chi connectivity index (χ2v) is 2.44. The molecule has 1 amide bonds. The molecule has 11 heavy (non-hydrogen) atoms. The molecule has 0 saturated carbocycles. The van der Waals surface area contributed by atoms with Gasteiger partial charge in [0.15, 0.2) is 0 Å². The Labute approximate surface area is 69.6 Å². The molecule has 0 spiro atoms. The van der Waals surface area contributed by atoms with Crippen LogP contribution in [0.5, 0.6) is 0 Å². The van der Waals surface area contributed by atoms with Crippen molar-refractivity contribution in [3.8, 4) is 0 Å². The molecule has 3 heteroatoms. The minimum absolute atomic E-state index is 0.250. The van der Waals surface area contributed by atoms with Crippen LogP contribution in [-0.2, 0) is 4.79 Å². The molecule has 0 aromatic carbocycles. The van der Waals surface area contributed by atoms with Gasteiger partial charge in [-0.3, -0.25) is 4.79 Å². The van der Waals surface area contributed by atoms with E-state index in [1.54, 1.807) is 0 Å². The van der Waals surface area contributed by atoms with E-state index >= 15 is 0 Å². The highest BCUT2D eigenvalue weighted by Crippen LogP contribution is 1.86. The lowest BCUT2D eigenvalue weighted by Gasteiger charge is -2.12. The standard InChI is InChI=1S/C7H17N.CH3NO/c1-4-6-8(3)7-5-2;2-1-3/h4-7H2,1-3H3;1H,(H2,2,3). The number of hydrogen-bond donors (Lipinski definition) is 1. The van der Waals surface area contributed by atoms with Crippen LogP contribution in [0.15, 0.2) is 0 Å². The summed E-state index contributed by atoms with van der Waals surface area (Å²) in [6.07, 6.45) is 2.80. The minimum Gasteiger partial charge on any atom is -0.372 e. The summed E-state index contributed by atoms with van der Waals surface area (Å²) in [6, 6.07) is 0. The summed E-state index contributed by atoms with van der Waals surface area (Å²) in [5, 5.41) is 0. The monoisotopic (exact) mass is 160 g/mol. The van der Waals surface area contributed by atoms with Gasteiger partial charge in [0.2, 0.25) is 6.41 Å². The average molecular weight is 160 g/mol. The molecule has 0 aliphatic heterocycles. The lowest BCUT2D eigenvalue weighted by atomic mass is 10.4. The normalized spacial score (nSPS) is 8.73. The van der Waals surface area contributed by atoms with Crippen molar-refractivity contribution < 1.29 is 4.79 Å². The fraction of sp³-hybridized carbons (Fsp3) is 0.875. The Morgan fingerprint density at radius 3 is 1.73 bits per heavy atom. The SMILES string of the molecule is CCCN(C)CCC.NC=O. The summed E-state index contributed by atoms with van der Waals surface area (Å²) in [5.74, 6) is 0. The quantitative estimate of drug-likeness (QED) is 0.619. The number of nitrogens with zero attached hydrogens (tertiary/aromatic N) is 1. The number of nitrogens with two attached hydrogens (primary N) is 1. The lowest BCUT2D eigenvalue weighted by molar-refractivity contribution is -0.106. The van der Waals surface area contributed by atoms with Gasteiger partial charge in [-0.15, -0.1) is 0 Å². The van der Waals surface area contributed by atoms with Gasteiger partial charge in [-0.05, 0) is 33.0 Å². The zero-order valence-corrected chi connectivity index (χ0v) is 7.84. The van der Waals surface area contributed by atoms with E-state index in [0.717, 1.165) is 0 Å². The molecule has 0 fully saturated rings. The van der Waals surface area contributed by atoms with Crippen molar-refractivity contribution in [1.29, 1.82) is 0 Å². The summed E-state index contributed by atoms with van der Waals surface area (Å²) in [6.45, 7) is 6.92. The van der Waals surface area contributed by atoms with E-state index < -0.39 is 0 Å². The van der Waals surface area contributed by atoms with Crippen molar-refractivity contribution >= 4 is 6.41 Å². The molecule has 0 heterocycles. The number of rotatable bonds is 4. The van der Waals surface area contributed by atoms with Crippen molar-refractivity contribution in [2.45, 2.75) is 26.7 Å². The minimum atomic E-state index is 0.250. The van der Waals surface area contributed by atoms with Gasteiger partial charge in [0.1, 0.15) is 0 Å². The first kappa shape index (κ1) is 13.1. The van der Waals surface area contributed by atoms with Crippen LogP contribution >= 0.6 is 0 Å². The third-order valence-electron chi connectivity index (χ3n) is 1.21. The number of amides is 1. The van der Waals surface area contributed by atoms with Crippen molar-refractivity contribution in [3.63, 3.8) is 0 Å². The molecule has 0 saturated heterocycles. The van der Waals surface area contributed by atoms with E-state index in [4.69, 9.17) is 4.79 Å². The van der Waals surface area contributed by atoms with E-state index in [-0.39, 0.29) is 6.41 Å². The Kier molecular flexibility index (Phi) is 14.4. The highest BCUT2D eigenvalue weighted by Gasteiger charge is 1.90. The molecule has 0 radical (unpaired) electrons. The van der Waals surface area contributed by atoms with Crippen LogP contribution in [0.3, 0.4) is 0 Å². The van der Waals surface area contributed by atoms with Crippen LogP contribution in [0.25, 0.3) is 0 Å². The van der Waals surface area contributed by atoms with Gasteiger partial charge in [0.05, 0.1) is 0 Å².